The molecule has 3 aromatic carbocycles. The highest BCUT2D eigenvalue weighted by Gasteiger charge is 2.30. The minimum absolute atomic E-state index is 0.0910. The fourth-order valence-electron chi connectivity index (χ4n) is 5.67. The molecule has 6 aromatic rings. The van der Waals surface area contributed by atoms with Crippen LogP contribution in [0, 0.1) is 27.7 Å². The standard InChI is InChI=1S/C33H32N6O4/c1-19-10-12-26(20(2)14-19)32(24-8-6-5-7-9-24)34-30(41)16-23-11-13-27-25(15-23)17-28(42-27)33(31-21(3)36-43-22(31)4)39-29(18-40)35-37-38-39/h5-15,17,32-33,40H,16,18H2,1-4H3,(H,34,41). The number of nitrogens with one attached hydrogen (secondary N) is 1. The van der Waals surface area contributed by atoms with Crippen molar-refractivity contribution in [2.24, 2.45) is 0 Å². The van der Waals surface area contributed by atoms with Crippen LogP contribution in [0.25, 0.3) is 11.0 Å². The summed E-state index contributed by atoms with van der Waals surface area (Å²) in [5.74, 6) is 1.33. The first-order valence-electron chi connectivity index (χ1n) is 14.1. The normalized spacial score (nSPS) is 12.9. The molecule has 3 heterocycles. The van der Waals surface area contributed by atoms with Crippen LogP contribution in [-0.4, -0.2) is 36.4 Å². The van der Waals surface area contributed by atoms with Gasteiger partial charge in [-0.05, 0) is 78.6 Å². The van der Waals surface area contributed by atoms with Crippen molar-refractivity contribution in [1.82, 2.24) is 30.7 Å². The van der Waals surface area contributed by atoms with E-state index >= 15 is 0 Å². The van der Waals surface area contributed by atoms with Crippen LogP contribution in [-0.2, 0) is 17.8 Å². The van der Waals surface area contributed by atoms with Gasteiger partial charge in [-0.2, -0.15) is 0 Å². The molecule has 1 amide bonds. The highest BCUT2D eigenvalue weighted by atomic mass is 16.5. The quantitative estimate of drug-likeness (QED) is 0.240. The molecule has 0 spiro atoms. The number of aryl methyl sites for hydroxylation is 4. The van der Waals surface area contributed by atoms with Crippen LogP contribution in [0.15, 0.2) is 81.7 Å². The number of amides is 1. The summed E-state index contributed by atoms with van der Waals surface area (Å²) in [6.07, 6.45) is 0.194. The Morgan fingerprint density at radius 3 is 2.53 bits per heavy atom. The Labute approximate surface area is 248 Å². The number of nitrogens with zero attached hydrogens (tertiary/aromatic N) is 5. The maximum absolute atomic E-state index is 13.5. The summed E-state index contributed by atoms with van der Waals surface area (Å²) in [4.78, 5) is 13.5. The fraction of sp³-hybridized carbons (Fsp3) is 0.242. The molecule has 43 heavy (non-hydrogen) atoms. The molecular weight excluding hydrogens is 544 g/mol. The van der Waals surface area contributed by atoms with Gasteiger partial charge in [0.25, 0.3) is 0 Å². The summed E-state index contributed by atoms with van der Waals surface area (Å²) in [7, 11) is 0. The van der Waals surface area contributed by atoms with Gasteiger partial charge in [0.1, 0.15) is 29.8 Å². The molecule has 0 saturated carbocycles. The topological polar surface area (TPSA) is 132 Å². The number of benzene rings is 3. The molecule has 0 fully saturated rings. The van der Waals surface area contributed by atoms with E-state index < -0.39 is 6.04 Å². The van der Waals surface area contributed by atoms with Crippen molar-refractivity contribution in [1.29, 1.82) is 0 Å². The average molecular weight is 577 g/mol. The van der Waals surface area contributed by atoms with E-state index in [4.69, 9.17) is 8.94 Å². The van der Waals surface area contributed by atoms with Crippen molar-refractivity contribution in [3.8, 4) is 0 Å². The second-order valence-electron chi connectivity index (χ2n) is 10.8. The minimum atomic E-state index is -0.605. The minimum Gasteiger partial charge on any atom is -0.458 e. The van der Waals surface area contributed by atoms with E-state index in [1.54, 1.807) is 0 Å². The SMILES string of the molecule is Cc1ccc(C(NC(=O)Cc2ccc3oc(C(c4c(C)noc4C)n4nnnc4CO)cc3c2)c2ccccc2)c(C)c1. The van der Waals surface area contributed by atoms with E-state index in [9.17, 15) is 9.90 Å². The first-order valence-corrected chi connectivity index (χ1v) is 14.1. The molecule has 2 N–H and O–H groups in total. The van der Waals surface area contributed by atoms with E-state index in [2.05, 4.69) is 58.0 Å². The van der Waals surface area contributed by atoms with Crippen LogP contribution in [0.4, 0.5) is 0 Å². The van der Waals surface area contributed by atoms with Crippen LogP contribution in [0.1, 0.15) is 68.5 Å². The van der Waals surface area contributed by atoms with Crippen LogP contribution < -0.4 is 5.32 Å². The van der Waals surface area contributed by atoms with Gasteiger partial charge in [0, 0.05) is 10.9 Å². The van der Waals surface area contributed by atoms with Gasteiger partial charge in [-0.1, -0.05) is 65.3 Å². The van der Waals surface area contributed by atoms with E-state index in [1.165, 1.54) is 10.2 Å². The molecule has 0 aliphatic carbocycles. The van der Waals surface area contributed by atoms with Crippen molar-refractivity contribution < 1.29 is 18.8 Å². The van der Waals surface area contributed by atoms with Crippen molar-refractivity contribution >= 4 is 16.9 Å². The lowest BCUT2D eigenvalue weighted by Crippen LogP contribution is -2.31. The molecule has 0 bridgehead atoms. The maximum atomic E-state index is 13.5. The predicted molar refractivity (Wildman–Crippen MR) is 159 cm³/mol. The number of rotatable bonds is 9. The third kappa shape index (κ3) is 5.56. The van der Waals surface area contributed by atoms with Crippen LogP contribution in [0.3, 0.4) is 0 Å². The summed E-state index contributed by atoms with van der Waals surface area (Å²) in [6, 6.07) is 23.0. The first kappa shape index (κ1) is 28.0. The van der Waals surface area contributed by atoms with Crippen molar-refractivity contribution in [2.45, 2.75) is 52.8 Å². The average Bonchev–Trinajstić information content (AvgIpc) is 3.72. The molecule has 0 aliphatic heterocycles. The van der Waals surface area contributed by atoms with Crippen molar-refractivity contribution in [3.63, 3.8) is 0 Å². The Bertz CT molecular complexity index is 1890. The van der Waals surface area contributed by atoms with Gasteiger partial charge in [-0.3, -0.25) is 4.79 Å². The van der Waals surface area contributed by atoms with E-state index in [-0.39, 0.29) is 30.8 Å². The summed E-state index contributed by atoms with van der Waals surface area (Å²) >= 11 is 0. The van der Waals surface area contributed by atoms with Gasteiger partial charge < -0.3 is 19.4 Å². The monoisotopic (exact) mass is 576 g/mol. The van der Waals surface area contributed by atoms with Gasteiger partial charge in [-0.25, -0.2) is 4.68 Å². The molecule has 3 aromatic heterocycles. The maximum Gasteiger partial charge on any atom is 0.225 e. The molecular formula is C33H32N6O4. The molecule has 218 valence electrons. The number of carbonyl (C=O) groups is 1. The van der Waals surface area contributed by atoms with E-state index in [0.717, 1.165) is 33.2 Å². The Hall–Kier alpha value is -5.09. The zero-order valence-corrected chi connectivity index (χ0v) is 24.4. The summed E-state index contributed by atoms with van der Waals surface area (Å²) in [5.41, 5.74) is 7.29. The number of aliphatic hydroxyl groups is 1. The van der Waals surface area contributed by atoms with Crippen molar-refractivity contribution in [2.75, 3.05) is 0 Å². The number of hydrogen-bond donors (Lipinski definition) is 2. The smallest absolute Gasteiger partial charge is 0.225 e. The fourth-order valence-corrected chi connectivity index (χ4v) is 5.67. The summed E-state index contributed by atoms with van der Waals surface area (Å²) in [5, 5.41) is 29.9. The predicted octanol–water partition coefficient (Wildman–Crippen LogP) is 5.22. The molecule has 0 saturated heterocycles. The number of hydrogen-bond acceptors (Lipinski definition) is 8. The zero-order valence-electron chi connectivity index (χ0n) is 24.4. The Morgan fingerprint density at radius 2 is 1.81 bits per heavy atom. The van der Waals surface area contributed by atoms with Gasteiger partial charge in [-0.15, -0.1) is 5.10 Å². The number of furan rings is 1. The lowest BCUT2D eigenvalue weighted by Gasteiger charge is -2.22. The molecule has 6 rings (SSSR count). The molecule has 10 heteroatoms. The van der Waals surface area contributed by atoms with Crippen molar-refractivity contribution in [3.05, 3.63) is 129 Å². The molecule has 0 aliphatic rings. The number of carbonyl (C=O) groups excluding carboxylic acids is 1. The zero-order chi connectivity index (χ0) is 30.1. The summed E-state index contributed by atoms with van der Waals surface area (Å²) < 4.78 is 13.2. The van der Waals surface area contributed by atoms with Gasteiger partial charge in [0.15, 0.2) is 5.82 Å². The Kier molecular flexibility index (Phi) is 7.60. The Morgan fingerprint density at radius 1 is 1.00 bits per heavy atom. The lowest BCUT2D eigenvalue weighted by molar-refractivity contribution is -0.120. The Balaban J connectivity index is 1.30. The van der Waals surface area contributed by atoms with Gasteiger partial charge >= 0.3 is 0 Å². The van der Waals surface area contributed by atoms with Crippen LogP contribution in [0.5, 0.6) is 0 Å². The molecule has 0 radical (unpaired) electrons. The number of aromatic nitrogens is 5. The third-order valence-electron chi connectivity index (χ3n) is 7.72. The number of fused-ring (bicyclic) bond motifs is 1. The van der Waals surface area contributed by atoms with E-state index in [1.807, 2.05) is 68.4 Å². The second kappa shape index (κ2) is 11.7. The third-order valence-corrected chi connectivity index (χ3v) is 7.72. The number of aliphatic hydroxyl groups excluding tert-OH is 1. The van der Waals surface area contributed by atoms with Gasteiger partial charge in [0.05, 0.1) is 18.2 Å². The second-order valence-corrected chi connectivity index (χ2v) is 10.8. The number of tetrazole rings is 1. The van der Waals surface area contributed by atoms with Crippen LogP contribution in [0.2, 0.25) is 0 Å². The summed E-state index contributed by atoms with van der Waals surface area (Å²) in [6.45, 7) is 7.44. The highest BCUT2D eigenvalue weighted by Crippen LogP contribution is 2.35. The molecule has 2 unspecified atom stereocenters. The van der Waals surface area contributed by atoms with E-state index in [0.29, 0.717) is 22.8 Å². The molecule has 10 nitrogen and oxygen atoms in total. The lowest BCUT2D eigenvalue weighted by atomic mass is 9.93. The molecule has 2 atom stereocenters. The first-order chi connectivity index (χ1) is 20.8. The van der Waals surface area contributed by atoms with Crippen LogP contribution >= 0.6 is 0 Å². The largest absolute Gasteiger partial charge is 0.458 e. The van der Waals surface area contributed by atoms with Gasteiger partial charge in [0.2, 0.25) is 5.91 Å². The highest BCUT2D eigenvalue weighted by molar-refractivity contribution is 5.83.